The zero-order valence-electron chi connectivity index (χ0n) is 18.4. The van der Waals surface area contributed by atoms with Crippen molar-refractivity contribution in [3.8, 4) is 0 Å². The van der Waals surface area contributed by atoms with Crippen LogP contribution in [0.4, 0.5) is 9.59 Å². The minimum atomic E-state index is -1.33. The second kappa shape index (κ2) is 9.60. The number of rotatable bonds is 5. The third-order valence-corrected chi connectivity index (χ3v) is 6.38. The lowest BCUT2D eigenvalue weighted by atomic mass is 9.86. The summed E-state index contributed by atoms with van der Waals surface area (Å²) in [6, 6.07) is 0.684. The van der Waals surface area contributed by atoms with Crippen molar-refractivity contribution in [1.29, 1.82) is 0 Å². The third-order valence-electron chi connectivity index (χ3n) is 4.67. The normalized spacial score (nSPS) is 20.1. The van der Waals surface area contributed by atoms with Crippen molar-refractivity contribution >= 4 is 20.3 Å². The quantitative estimate of drug-likeness (QED) is 0.552. The first-order chi connectivity index (χ1) is 13.4. The first-order valence-electron chi connectivity index (χ1n) is 10.2. The summed E-state index contributed by atoms with van der Waals surface area (Å²) >= 11 is 0. The van der Waals surface area contributed by atoms with Crippen molar-refractivity contribution in [2.45, 2.75) is 89.7 Å². The van der Waals surface area contributed by atoms with E-state index < -0.39 is 25.9 Å². The zero-order valence-corrected chi connectivity index (χ0v) is 19.4. The van der Waals surface area contributed by atoms with Gasteiger partial charge in [0.2, 0.25) is 5.89 Å². The lowest BCUT2D eigenvalue weighted by Crippen LogP contribution is -2.54. The average molecular weight is 427 g/mol. The summed E-state index contributed by atoms with van der Waals surface area (Å²) in [5.41, 5.74) is 1.94. The Morgan fingerprint density at radius 3 is 2.41 bits per heavy atom. The van der Waals surface area contributed by atoms with E-state index in [2.05, 4.69) is 35.2 Å². The minimum Gasteiger partial charge on any atom is -0.448 e. The number of carbonyl (C=O) groups excluding carboxylic acids is 2. The summed E-state index contributed by atoms with van der Waals surface area (Å²) in [6.45, 7) is 12.3. The molecule has 0 bridgehead atoms. The lowest BCUT2D eigenvalue weighted by Gasteiger charge is -2.35. The fourth-order valence-electron chi connectivity index (χ4n) is 3.14. The Kier molecular flexibility index (Phi) is 7.67. The molecule has 29 heavy (non-hydrogen) atoms. The monoisotopic (exact) mass is 426 g/mol. The Labute approximate surface area is 173 Å². The number of carbonyl (C=O) groups is 2. The number of ether oxygens (including phenoxy) is 2. The van der Waals surface area contributed by atoms with Crippen LogP contribution in [0.1, 0.15) is 58.3 Å². The number of amides is 2. The largest absolute Gasteiger partial charge is 0.448 e. The van der Waals surface area contributed by atoms with Crippen LogP contribution in [0.3, 0.4) is 0 Å². The van der Waals surface area contributed by atoms with Gasteiger partial charge in [-0.3, -0.25) is 0 Å². The molecule has 0 unspecified atom stereocenters. The van der Waals surface area contributed by atoms with Gasteiger partial charge in [-0.15, -0.1) is 0 Å². The van der Waals surface area contributed by atoms with Gasteiger partial charge in [0, 0.05) is 14.0 Å². The molecule has 1 saturated carbocycles. The molecular formula is C19H34N4O5Si. The van der Waals surface area contributed by atoms with Crippen molar-refractivity contribution in [2.24, 2.45) is 0 Å². The molecule has 0 aliphatic heterocycles. The number of nitrogens with zero attached hydrogens (tertiary/aromatic N) is 3. The van der Waals surface area contributed by atoms with Crippen molar-refractivity contribution in [1.82, 2.24) is 20.6 Å². The standard InChI is InChI=1S/C19H34N4O5Si/c1-19(2,3)27-17(24)22-23(18(25)26-11-12-29(4,5)6)15-9-7-14(8-10-15)16-20-13-21-28-16/h13-15H,7-12H2,1-6H3,(H,22,24). The molecule has 0 atom stereocenters. The Bertz CT molecular complexity index is 661. The molecule has 0 spiro atoms. The molecule has 0 saturated heterocycles. The predicted molar refractivity (Wildman–Crippen MR) is 110 cm³/mol. The Morgan fingerprint density at radius 2 is 1.90 bits per heavy atom. The van der Waals surface area contributed by atoms with E-state index in [-0.39, 0.29) is 12.0 Å². The molecule has 1 aromatic rings. The molecule has 2 rings (SSSR count). The summed E-state index contributed by atoms with van der Waals surface area (Å²) in [6.07, 6.45) is 3.11. The van der Waals surface area contributed by atoms with Gasteiger partial charge in [-0.1, -0.05) is 24.8 Å². The first kappa shape index (κ1) is 23.2. The van der Waals surface area contributed by atoms with E-state index in [0.717, 1.165) is 18.9 Å². The SMILES string of the molecule is CC(C)(C)OC(=O)NN(C(=O)OCC[Si](C)(C)C)C1CCC(c2ncno2)CC1. The molecule has 1 heterocycles. The molecule has 1 aliphatic rings. The molecule has 1 aromatic heterocycles. The number of hydrogen-bond acceptors (Lipinski definition) is 7. The molecule has 1 fully saturated rings. The van der Waals surface area contributed by atoms with E-state index in [1.165, 1.54) is 11.3 Å². The summed E-state index contributed by atoms with van der Waals surface area (Å²) in [5.74, 6) is 0.785. The number of aromatic nitrogens is 2. The van der Waals surface area contributed by atoms with Crippen LogP contribution < -0.4 is 5.43 Å². The van der Waals surface area contributed by atoms with Gasteiger partial charge >= 0.3 is 12.2 Å². The molecule has 9 nitrogen and oxygen atoms in total. The minimum absolute atomic E-state index is 0.167. The highest BCUT2D eigenvalue weighted by Crippen LogP contribution is 2.33. The van der Waals surface area contributed by atoms with Crippen LogP contribution in [0.15, 0.2) is 10.9 Å². The van der Waals surface area contributed by atoms with Gasteiger partial charge in [-0.2, -0.15) is 4.98 Å². The molecule has 1 N–H and O–H groups in total. The predicted octanol–water partition coefficient (Wildman–Crippen LogP) is 4.31. The van der Waals surface area contributed by atoms with Crippen LogP contribution in [0.5, 0.6) is 0 Å². The highest BCUT2D eigenvalue weighted by molar-refractivity contribution is 6.76. The number of hydrogen-bond donors (Lipinski definition) is 1. The average Bonchev–Trinajstić information content (AvgIpc) is 3.11. The fourth-order valence-corrected chi connectivity index (χ4v) is 3.86. The van der Waals surface area contributed by atoms with Crippen LogP contribution in [0.2, 0.25) is 25.7 Å². The molecule has 164 valence electrons. The van der Waals surface area contributed by atoms with Gasteiger partial charge in [-0.05, 0) is 52.5 Å². The highest BCUT2D eigenvalue weighted by Gasteiger charge is 2.34. The van der Waals surface area contributed by atoms with Crippen molar-refractivity contribution in [2.75, 3.05) is 6.61 Å². The Balaban J connectivity index is 1.99. The first-order valence-corrected chi connectivity index (χ1v) is 13.9. The second-order valence-electron chi connectivity index (χ2n) is 9.69. The van der Waals surface area contributed by atoms with Gasteiger partial charge in [0.25, 0.3) is 0 Å². The molecule has 1 aliphatic carbocycles. The van der Waals surface area contributed by atoms with Gasteiger partial charge < -0.3 is 14.0 Å². The third kappa shape index (κ3) is 8.04. The Morgan fingerprint density at radius 1 is 1.24 bits per heavy atom. The fraction of sp³-hybridized carbons (Fsp3) is 0.789. The molecule has 0 radical (unpaired) electrons. The number of hydrazine groups is 1. The summed E-state index contributed by atoms with van der Waals surface area (Å²) in [7, 11) is -1.33. The van der Waals surface area contributed by atoms with Crippen LogP contribution in [-0.4, -0.2) is 53.7 Å². The smallest absolute Gasteiger partial charge is 0.429 e. The number of nitrogens with one attached hydrogen (secondary N) is 1. The summed E-state index contributed by atoms with van der Waals surface area (Å²) in [5, 5.41) is 4.96. The summed E-state index contributed by atoms with van der Waals surface area (Å²) < 4.78 is 16.0. The van der Waals surface area contributed by atoms with Crippen LogP contribution >= 0.6 is 0 Å². The molecule has 0 aromatic carbocycles. The van der Waals surface area contributed by atoms with Crippen molar-refractivity contribution < 1.29 is 23.6 Å². The zero-order chi connectivity index (χ0) is 21.7. The topological polar surface area (TPSA) is 107 Å². The van der Waals surface area contributed by atoms with Crippen LogP contribution in [0, 0.1) is 0 Å². The van der Waals surface area contributed by atoms with Crippen LogP contribution in [0.25, 0.3) is 0 Å². The Hall–Kier alpha value is -2.10. The van der Waals surface area contributed by atoms with E-state index in [1.807, 2.05) is 0 Å². The van der Waals surface area contributed by atoms with E-state index in [9.17, 15) is 9.59 Å². The molecule has 10 heteroatoms. The van der Waals surface area contributed by atoms with Crippen molar-refractivity contribution in [3.63, 3.8) is 0 Å². The van der Waals surface area contributed by atoms with E-state index in [1.54, 1.807) is 20.8 Å². The van der Waals surface area contributed by atoms with E-state index in [4.69, 9.17) is 14.0 Å². The van der Waals surface area contributed by atoms with E-state index >= 15 is 0 Å². The highest BCUT2D eigenvalue weighted by atomic mass is 28.3. The second-order valence-corrected chi connectivity index (χ2v) is 15.3. The maximum Gasteiger partial charge on any atom is 0.429 e. The van der Waals surface area contributed by atoms with E-state index in [0.29, 0.717) is 25.3 Å². The maximum atomic E-state index is 12.7. The van der Waals surface area contributed by atoms with Crippen LogP contribution in [-0.2, 0) is 9.47 Å². The lowest BCUT2D eigenvalue weighted by molar-refractivity contribution is 0.0138. The maximum absolute atomic E-state index is 12.7. The molecule has 2 amide bonds. The van der Waals surface area contributed by atoms with Gasteiger partial charge in [0.1, 0.15) is 5.60 Å². The van der Waals surface area contributed by atoms with Crippen molar-refractivity contribution in [3.05, 3.63) is 12.2 Å². The molecular weight excluding hydrogens is 392 g/mol. The van der Waals surface area contributed by atoms with Gasteiger partial charge in [-0.25, -0.2) is 20.0 Å². The summed E-state index contributed by atoms with van der Waals surface area (Å²) in [4.78, 5) is 29.2. The van der Waals surface area contributed by atoms with Gasteiger partial charge in [0.05, 0.1) is 12.6 Å². The van der Waals surface area contributed by atoms with Gasteiger partial charge in [0.15, 0.2) is 6.33 Å².